The van der Waals surface area contributed by atoms with Crippen LogP contribution in [0.5, 0.6) is 5.75 Å². The Kier molecular flexibility index (Phi) is 8.46. The Bertz CT molecular complexity index is 2100. The molecule has 0 bridgehead atoms. The number of benzene rings is 3. The second-order valence-electron chi connectivity index (χ2n) is 14.4. The van der Waals surface area contributed by atoms with Gasteiger partial charge in [-0.2, -0.15) is 14.8 Å². The summed E-state index contributed by atoms with van der Waals surface area (Å²) in [7, 11) is -4.56. The van der Waals surface area contributed by atoms with Gasteiger partial charge >= 0.3 is 6.03 Å². The molecule has 1 atom stereocenters. The van der Waals surface area contributed by atoms with Crippen molar-refractivity contribution in [3.63, 3.8) is 0 Å². The summed E-state index contributed by atoms with van der Waals surface area (Å²) >= 11 is 0. The Morgan fingerprint density at radius 1 is 0.904 bits per heavy atom. The Hall–Kier alpha value is -4.99. The van der Waals surface area contributed by atoms with Gasteiger partial charge in [-0.25, -0.2) is 13.2 Å². The zero-order valence-corrected chi connectivity index (χ0v) is 29.6. The topological polar surface area (TPSA) is 159 Å². The Labute approximate surface area is 303 Å². The molecule has 1 spiro atoms. The molecule has 0 saturated carbocycles. The van der Waals surface area contributed by atoms with E-state index in [1.165, 1.54) is 42.5 Å². The number of hydrogen-bond acceptors (Lipinski definition) is 10. The Morgan fingerprint density at radius 2 is 1.58 bits per heavy atom. The van der Waals surface area contributed by atoms with Crippen LogP contribution in [0, 0.1) is 28.1 Å². The van der Waals surface area contributed by atoms with Gasteiger partial charge in [-0.1, -0.05) is 18.2 Å². The van der Waals surface area contributed by atoms with Crippen LogP contribution in [0.2, 0.25) is 0 Å². The van der Waals surface area contributed by atoms with E-state index in [2.05, 4.69) is 21.2 Å². The van der Waals surface area contributed by atoms with Gasteiger partial charge in [0, 0.05) is 61.9 Å². The minimum Gasteiger partial charge on any atom is -0.493 e. The van der Waals surface area contributed by atoms with Crippen LogP contribution in [0.1, 0.15) is 42.0 Å². The number of hydrogen-bond donors (Lipinski definition) is 1. The zero-order chi connectivity index (χ0) is 36.3. The molecular weight excluding hydrogens is 683 g/mol. The number of nitrogens with one attached hydrogen (secondary N) is 1. The Morgan fingerprint density at radius 3 is 2.21 bits per heavy atom. The number of anilines is 1. The van der Waals surface area contributed by atoms with Crippen LogP contribution in [-0.2, 0) is 25.1 Å². The maximum Gasteiger partial charge on any atom is 0.318 e. The fraction of sp³-hybridized carbons (Fsp3) is 0.421. The van der Waals surface area contributed by atoms with Gasteiger partial charge in [-0.05, 0) is 68.3 Å². The monoisotopic (exact) mass is 721 g/mol. The molecule has 13 nitrogen and oxygen atoms in total. The SMILES string of the molecule is CCOc1ccccc1[C@@]1(NC(=O)N2CC3(C2)CN(C2CCN(C4COC4)CC2)C3)C(=O)N(S(=O)(=O)c2ccc(C#N)cc2)c2ccc(C#N)cc21. The van der Waals surface area contributed by atoms with Gasteiger partial charge < -0.3 is 19.7 Å². The van der Waals surface area contributed by atoms with E-state index in [0.29, 0.717) is 29.5 Å². The van der Waals surface area contributed by atoms with Gasteiger partial charge in [0.2, 0.25) is 0 Å². The van der Waals surface area contributed by atoms with E-state index in [9.17, 15) is 23.7 Å². The summed E-state index contributed by atoms with van der Waals surface area (Å²) < 4.78 is 40.7. The summed E-state index contributed by atoms with van der Waals surface area (Å²) in [6, 6.07) is 20.9. The molecule has 3 amide bonds. The molecule has 8 rings (SSSR count). The predicted molar refractivity (Wildman–Crippen MR) is 189 cm³/mol. The van der Waals surface area contributed by atoms with Crippen molar-refractivity contribution in [3.8, 4) is 17.9 Å². The summed E-state index contributed by atoms with van der Waals surface area (Å²) in [4.78, 5) is 35.9. The normalized spacial score (nSPS) is 23.2. The highest BCUT2D eigenvalue weighted by Gasteiger charge is 2.61. The first-order chi connectivity index (χ1) is 25.1. The number of piperidine rings is 1. The number of sulfonamides is 1. The molecule has 3 aromatic rings. The van der Waals surface area contributed by atoms with Crippen molar-refractivity contribution in [1.29, 1.82) is 10.5 Å². The van der Waals surface area contributed by atoms with E-state index in [4.69, 9.17) is 9.47 Å². The smallest absolute Gasteiger partial charge is 0.318 e. The molecule has 0 unspecified atom stereocenters. The van der Waals surface area contributed by atoms with Crippen molar-refractivity contribution < 1.29 is 27.5 Å². The molecule has 14 heteroatoms. The lowest BCUT2D eigenvalue weighted by Crippen LogP contribution is -2.76. The van der Waals surface area contributed by atoms with E-state index >= 15 is 4.79 Å². The highest BCUT2D eigenvalue weighted by Crippen LogP contribution is 2.50. The van der Waals surface area contributed by atoms with Gasteiger partial charge in [0.25, 0.3) is 15.9 Å². The van der Waals surface area contributed by atoms with Crippen molar-refractivity contribution in [3.05, 3.63) is 89.0 Å². The number of urea groups is 1. The van der Waals surface area contributed by atoms with E-state index < -0.39 is 27.5 Å². The van der Waals surface area contributed by atoms with Crippen molar-refractivity contribution in [2.45, 2.75) is 42.3 Å². The molecule has 3 aromatic carbocycles. The lowest BCUT2D eigenvalue weighted by molar-refractivity contribution is -0.129. The fourth-order valence-corrected chi connectivity index (χ4v) is 9.95. The summed E-state index contributed by atoms with van der Waals surface area (Å²) in [6.45, 7) is 8.64. The average molecular weight is 722 g/mol. The van der Waals surface area contributed by atoms with Crippen LogP contribution in [0.15, 0.2) is 71.6 Å². The Balaban J connectivity index is 1.09. The molecule has 268 valence electrons. The molecule has 4 fully saturated rings. The van der Waals surface area contributed by atoms with Gasteiger partial charge in [0.1, 0.15) is 5.75 Å². The number of amides is 3. The zero-order valence-electron chi connectivity index (χ0n) is 28.8. The second kappa shape index (κ2) is 12.9. The summed E-state index contributed by atoms with van der Waals surface area (Å²) in [5, 5.41) is 22.2. The summed E-state index contributed by atoms with van der Waals surface area (Å²) in [5.41, 5.74) is -1.26. The van der Waals surface area contributed by atoms with Crippen molar-refractivity contribution >= 4 is 27.6 Å². The van der Waals surface area contributed by atoms with Gasteiger partial charge in [-0.3, -0.25) is 14.6 Å². The third kappa shape index (κ3) is 5.40. The number of likely N-dealkylation sites (tertiary alicyclic amines) is 3. The molecule has 4 saturated heterocycles. The third-order valence-electron chi connectivity index (χ3n) is 11.2. The molecule has 1 N–H and O–H groups in total. The first kappa shape index (κ1) is 34.1. The number of nitrogens with zero attached hydrogens (tertiary/aromatic N) is 6. The minimum atomic E-state index is -4.56. The highest BCUT2D eigenvalue weighted by atomic mass is 32.2. The number of para-hydroxylation sites is 1. The van der Waals surface area contributed by atoms with E-state index in [0.717, 1.165) is 52.2 Å². The van der Waals surface area contributed by atoms with Gasteiger partial charge in [0.05, 0.1) is 59.7 Å². The maximum absolute atomic E-state index is 15.1. The lowest BCUT2D eigenvalue weighted by atomic mass is 9.71. The molecule has 5 aliphatic rings. The predicted octanol–water partition coefficient (Wildman–Crippen LogP) is 3.00. The van der Waals surface area contributed by atoms with Crippen LogP contribution < -0.4 is 14.4 Å². The number of ether oxygens (including phenoxy) is 2. The molecule has 5 heterocycles. The van der Waals surface area contributed by atoms with Crippen molar-refractivity contribution in [1.82, 2.24) is 20.0 Å². The number of carbonyl (C=O) groups is 2. The molecule has 0 aliphatic carbocycles. The molecule has 0 radical (unpaired) electrons. The number of carbonyl (C=O) groups excluding carboxylic acids is 2. The van der Waals surface area contributed by atoms with Crippen molar-refractivity contribution in [2.24, 2.45) is 5.41 Å². The summed E-state index contributed by atoms with van der Waals surface area (Å²) in [5.74, 6) is -0.650. The number of fused-ring (bicyclic) bond motifs is 1. The quantitative estimate of drug-likeness (QED) is 0.367. The van der Waals surface area contributed by atoms with E-state index in [-0.39, 0.29) is 50.6 Å². The van der Waals surface area contributed by atoms with Crippen LogP contribution >= 0.6 is 0 Å². The van der Waals surface area contributed by atoms with E-state index in [1.807, 2.05) is 6.07 Å². The first-order valence-corrected chi connectivity index (χ1v) is 19.1. The maximum atomic E-state index is 15.1. The fourth-order valence-electron chi connectivity index (χ4n) is 8.48. The van der Waals surface area contributed by atoms with Crippen LogP contribution in [0.3, 0.4) is 0 Å². The standard InChI is InChI=1S/C38H39N7O6S/c1-2-51-34-6-4-3-5-31(34)38(41-36(47)44-24-37(25-44)22-43(23-37)28-13-15-42(16-14-28)29-20-50-21-29)32-17-27(19-40)9-12-33(32)45(35(38)46)52(48,49)30-10-7-26(18-39)8-11-30/h3-12,17,28-29H,2,13-16,20-25H2,1H3,(H,41,47)/t38-/m0/s1. The molecule has 0 aromatic heterocycles. The van der Waals surface area contributed by atoms with Crippen molar-refractivity contribution in [2.75, 3.05) is 63.4 Å². The third-order valence-corrected chi connectivity index (χ3v) is 12.9. The number of nitriles is 2. The molecule has 5 aliphatic heterocycles. The lowest BCUT2D eigenvalue weighted by Gasteiger charge is -2.62. The largest absolute Gasteiger partial charge is 0.493 e. The summed E-state index contributed by atoms with van der Waals surface area (Å²) in [6.07, 6.45) is 2.24. The minimum absolute atomic E-state index is 0.00515. The second-order valence-corrected chi connectivity index (χ2v) is 16.2. The number of rotatable bonds is 8. The molecular formula is C38H39N7O6S. The first-order valence-electron chi connectivity index (χ1n) is 17.6. The van der Waals surface area contributed by atoms with Gasteiger partial charge in [0.15, 0.2) is 5.54 Å². The highest BCUT2D eigenvalue weighted by molar-refractivity contribution is 7.93. The average Bonchev–Trinajstić information content (AvgIpc) is 3.34. The van der Waals surface area contributed by atoms with Crippen LogP contribution in [0.4, 0.5) is 10.5 Å². The van der Waals surface area contributed by atoms with Gasteiger partial charge in [-0.15, -0.1) is 0 Å². The van der Waals surface area contributed by atoms with Crippen LogP contribution in [0.25, 0.3) is 0 Å². The van der Waals surface area contributed by atoms with E-state index in [1.54, 1.807) is 36.1 Å². The van der Waals surface area contributed by atoms with Crippen LogP contribution in [-0.4, -0.2) is 106 Å². The molecule has 52 heavy (non-hydrogen) atoms.